The Bertz CT molecular complexity index is 1360. The largest absolute Gasteiger partial charge is 0.326 e. The van der Waals surface area contributed by atoms with Gasteiger partial charge in [-0.25, -0.2) is 4.98 Å². The van der Waals surface area contributed by atoms with E-state index in [1.807, 2.05) is 31.2 Å². The molecule has 4 rings (SSSR count). The van der Waals surface area contributed by atoms with Crippen LogP contribution in [0.15, 0.2) is 59.7 Å². The van der Waals surface area contributed by atoms with Crippen molar-refractivity contribution in [2.24, 2.45) is 0 Å². The molecule has 10 heteroatoms. The van der Waals surface area contributed by atoms with Crippen LogP contribution >= 0.6 is 0 Å². The fourth-order valence-corrected chi connectivity index (χ4v) is 3.12. The maximum Gasteiger partial charge on any atom is 0.284 e. The fraction of sp³-hybridized carbons (Fsp3) is 0.143. The number of carbonyl (C=O) groups excluding carboxylic acids is 2. The molecule has 2 aromatic carbocycles. The van der Waals surface area contributed by atoms with Gasteiger partial charge in [-0.15, -0.1) is 5.10 Å². The molecule has 0 saturated carbocycles. The number of nitrogens with one attached hydrogen (secondary N) is 2. The summed E-state index contributed by atoms with van der Waals surface area (Å²) in [4.78, 5) is 40.7. The number of fused-ring (bicyclic) bond motifs is 1. The lowest BCUT2D eigenvalue weighted by atomic mass is 10.2. The molecule has 0 bridgehead atoms. The number of aryl methyl sites for hydroxylation is 1. The van der Waals surface area contributed by atoms with Crippen molar-refractivity contribution in [3.8, 4) is 5.69 Å². The third-order valence-corrected chi connectivity index (χ3v) is 4.46. The Hall–Kier alpha value is -4.34. The standard InChI is InChI=1S/C21H19N7O3/c1-13-5-3-8-17(9-13)28-20-19(25-26-28)21(31)27(12-22-20)11-18(30)24-16-7-4-6-15(10-16)23-14(2)29/h3-10,12H,11H2,1-2H3,(H,23,29)(H,24,30). The second-order valence-corrected chi connectivity index (χ2v) is 7.00. The van der Waals surface area contributed by atoms with Crippen molar-refractivity contribution >= 4 is 34.4 Å². The average Bonchev–Trinajstić information content (AvgIpc) is 3.15. The van der Waals surface area contributed by atoms with E-state index in [-0.39, 0.29) is 18.0 Å². The number of hydrogen-bond acceptors (Lipinski definition) is 6. The molecule has 0 unspecified atom stereocenters. The molecule has 0 aliphatic rings. The molecule has 0 atom stereocenters. The highest BCUT2D eigenvalue weighted by Gasteiger charge is 2.15. The average molecular weight is 417 g/mol. The number of carbonyl (C=O) groups is 2. The maximum absolute atomic E-state index is 12.8. The van der Waals surface area contributed by atoms with Gasteiger partial charge in [0.05, 0.1) is 5.69 Å². The summed E-state index contributed by atoms with van der Waals surface area (Å²) in [5.41, 5.74) is 2.74. The molecule has 31 heavy (non-hydrogen) atoms. The monoisotopic (exact) mass is 417 g/mol. The fourth-order valence-electron chi connectivity index (χ4n) is 3.12. The second kappa shape index (κ2) is 8.19. The van der Waals surface area contributed by atoms with E-state index in [4.69, 9.17) is 0 Å². The zero-order chi connectivity index (χ0) is 22.0. The van der Waals surface area contributed by atoms with Crippen molar-refractivity contribution in [3.63, 3.8) is 0 Å². The zero-order valence-electron chi connectivity index (χ0n) is 16.9. The predicted molar refractivity (Wildman–Crippen MR) is 115 cm³/mol. The SMILES string of the molecule is CC(=O)Nc1cccc(NC(=O)Cn2cnc3c(nnn3-c3cccc(C)c3)c2=O)c1. The minimum atomic E-state index is -0.467. The van der Waals surface area contributed by atoms with Crippen LogP contribution < -0.4 is 16.2 Å². The van der Waals surface area contributed by atoms with Crippen LogP contribution in [0, 0.1) is 6.92 Å². The Morgan fingerprint density at radius 1 is 1.03 bits per heavy atom. The van der Waals surface area contributed by atoms with Gasteiger partial charge in [-0.2, -0.15) is 4.68 Å². The van der Waals surface area contributed by atoms with Gasteiger partial charge in [0, 0.05) is 18.3 Å². The van der Waals surface area contributed by atoms with E-state index in [1.165, 1.54) is 22.5 Å². The van der Waals surface area contributed by atoms with Gasteiger partial charge < -0.3 is 10.6 Å². The van der Waals surface area contributed by atoms with Gasteiger partial charge in [0.25, 0.3) is 5.56 Å². The third-order valence-electron chi connectivity index (χ3n) is 4.46. The van der Waals surface area contributed by atoms with Crippen molar-refractivity contribution in [2.45, 2.75) is 20.4 Å². The minimum Gasteiger partial charge on any atom is -0.326 e. The van der Waals surface area contributed by atoms with Crippen LogP contribution in [0.4, 0.5) is 11.4 Å². The van der Waals surface area contributed by atoms with Gasteiger partial charge in [-0.05, 0) is 42.8 Å². The van der Waals surface area contributed by atoms with Crippen LogP contribution in [0.2, 0.25) is 0 Å². The molecule has 156 valence electrons. The molecular formula is C21H19N7O3. The third kappa shape index (κ3) is 4.32. The summed E-state index contributed by atoms with van der Waals surface area (Å²) in [7, 11) is 0. The molecule has 0 fully saturated rings. The lowest BCUT2D eigenvalue weighted by Crippen LogP contribution is -2.28. The second-order valence-electron chi connectivity index (χ2n) is 7.00. The Morgan fingerprint density at radius 2 is 1.77 bits per heavy atom. The number of anilines is 2. The van der Waals surface area contributed by atoms with Gasteiger partial charge in [-0.3, -0.25) is 19.0 Å². The number of nitrogens with zero attached hydrogens (tertiary/aromatic N) is 5. The Kier molecular flexibility index (Phi) is 5.27. The molecular weight excluding hydrogens is 398 g/mol. The molecule has 2 aromatic heterocycles. The van der Waals surface area contributed by atoms with E-state index < -0.39 is 11.5 Å². The van der Waals surface area contributed by atoms with E-state index >= 15 is 0 Å². The summed E-state index contributed by atoms with van der Waals surface area (Å²) in [5, 5.41) is 13.3. The van der Waals surface area contributed by atoms with Gasteiger partial charge in [0.2, 0.25) is 11.8 Å². The van der Waals surface area contributed by atoms with Crippen LogP contribution in [0.1, 0.15) is 12.5 Å². The maximum atomic E-state index is 12.8. The molecule has 10 nitrogen and oxygen atoms in total. The topological polar surface area (TPSA) is 124 Å². The first kappa shape index (κ1) is 20.0. The number of rotatable bonds is 5. The van der Waals surface area contributed by atoms with E-state index in [2.05, 4.69) is 25.9 Å². The molecule has 0 spiro atoms. The van der Waals surface area contributed by atoms with Gasteiger partial charge in [-0.1, -0.05) is 23.4 Å². The summed E-state index contributed by atoms with van der Waals surface area (Å²) >= 11 is 0. The Labute approximate surface area is 176 Å². The van der Waals surface area contributed by atoms with Crippen LogP contribution in [0.25, 0.3) is 16.9 Å². The van der Waals surface area contributed by atoms with E-state index in [1.54, 1.807) is 24.3 Å². The Balaban J connectivity index is 1.55. The zero-order valence-corrected chi connectivity index (χ0v) is 16.9. The highest BCUT2D eigenvalue weighted by atomic mass is 16.2. The molecule has 0 saturated heterocycles. The lowest BCUT2D eigenvalue weighted by molar-refractivity contribution is -0.117. The van der Waals surface area contributed by atoms with Crippen LogP contribution in [-0.2, 0) is 16.1 Å². The minimum absolute atomic E-state index is 0.0736. The van der Waals surface area contributed by atoms with Gasteiger partial charge in [0.1, 0.15) is 12.9 Å². The molecule has 0 aliphatic carbocycles. The summed E-state index contributed by atoms with van der Waals surface area (Å²) in [6, 6.07) is 14.3. The quantitative estimate of drug-likeness (QED) is 0.511. The first-order chi connectivity index (χ1) is 14.9. The molecule has 0 aliphatic heterocycles. The predicted octanol–water partition coefficient (Wildman–Crippen LogP) is 1.88. The summed E-state index contributed by atoms with van der Waals surface area (Å²) in [5.74, 6) is -0.637. The van der Waals surface area contributed by atoms with E-state index in [9.17, 15) is 14.4 Å². The van der Waals surface area contributed by atoms with Crippen LogP contribution in [-0.4, -0.2) is 36.4 Å². The molecule has 2 N–H and O–H groups in total. The van der Waals surface area contributed by atoms with Crippen molar-refractivity contribution in [3.05, 3.63) is 70.8 Å². The summed E-state index contributed by atoms with van der Waals surface area (Å²) in [6.07, 6.45) is 1.30. The van der Waals surface area contributed by atoms with Crippen molar-refractivity contribution in [2.75, 3.05) is 10.6 Å². The lowest BCUT2D eigenvalue weighted by Gasteiger charge is -2.09. The number of amides is 2. The highest BCUT2D eigenvalue weighted by molar-refractivity contribution is 5.93. The van der Waals surface area contributed by atoms with Crippen molar-refractivity contribution < 1.29 is 9.59 Å². The summed E-state index contributed by atoms with van der Waals surface area (Å²) in [6.45, 7) is 3.10. The number of aromatic nitrogens is 5. The van der Waals surface area contributed by atoms with Gasteiger partial charge >= 0.3 is 0 Å². The van der Waals surface area contributed by atoms with E-state index in [0.717, 1.165) is 11.3 Å². The summed E-state index contributed by atoms with van der Waals surface area (Å²) < 4.78 is 2.66. The molecule has 0 radical (unpaired) electrons. The van der Waals surface area contributed by atoms with Gasteiger partial charge in [0.15, 0.2) is 11.2 Å². The Morgan fingerprint density at radius 3 is 2.52 bits per heavy atom. The van der Waals surface area contributed by atoms with Crippen molar-refractivity contribution in [1.82, 2.24) is 24.5 Å². The number of hydrogen-bond donors (Lipinski definition) is 2. The normalized spacial score (nSPS) is 10.8. The first-order valence-electron chi connectivity index (χ1n) is 9.46. The smallest absolute Gasteiger partial charge is 0.284 e. The van der Waals surface area contributed by atoms with Crippen LogP contribution in [0.3, 0.4) is 0 Å². The molecule has 2 heterocycles. The first-order valence-corrected chi connectivity index (χ1v) is 9.46. The van der Waals surface area contributed by atoms with E-state index in [0.29, 0.717) is 17.0 Å². The number of benzene rings is 2. The highest BCUT2D eigenvalue weighted by Crippen LogP contribution is 2.15. The molecule has 4 aromatic rings. The molecule has 2 amide bonds. The van der Waals surface area contributed by atoms with Crippen molar-refractivity contribution in [1.29, 1.82) is 0 Å². The van der Waals surface area contributed by atoms with Crippen LogP contribution in [0.5, 0.6) is 0 Å².